The van der Waals surface area contributed by atoms with Gasteiger partial charge in [-0.1, -0.05) is 31.5 Å². The van der Waals surface area contributed by atoms with E-state index in [4.69, 9.17) is 9.47 Å². The highest BCUT2D eigenvalue weighted by Gasteiger charge is 2.36. The fraction of sp³-hybridized carbons (Fsp3) is 0.647. The van der Waals surface area contributed by atoms with Crippen molar-refractivity contribution < 1.29 is 9.47 Å². The first kappa shape index (κ1) is 15.3. The molecule has 0 atom stereocenters. The Balaban J connectivity index is 2.37. The number of hydrogen-bond acceptors (Lipinski definition) is 3. The number of hydrogen-bond donors (Lipinski definition) is 1. The summed E-state index contributed by atoms with van der Waals surface area (Å²) in [4.78, 5) is 0. The summed E-state index contributed by atoms with van der Waals surface area (Å²) in [6.45, 7) is 9.18. The minimum absolute atomic E-state index is 0.125. The van der Waals surface area contributed by atoms with Crippen LogP contribution in [0.1, 0.15) is 37.8 Å². The Labute approximate surface area is 122 Å². The van der Waals surface area contributed by atoms with E-state index >= 15 is 0 Å². The molecule has 3 nitrogen and oxygen atoms in total. The predicted molar refractivity (Wildman–Crippen MR) is 82.6 cm³/mol. The van der Waals surface area contributed by atoms with Gasteiger partial charge in [0.05, 0.1) is 7.11 Å². The van der Waals surface area contributed by atoms with Gasteiger partial charge in [-0.15, -0.1) is 0 Å². The lowest BCUT2D eigenvalue weighted by atomic mass is 9.73. The molecular weight excluding hydrogens is 250 g/mol. The summed E-state index contributed by atoms with van der Waals surface area (Å²) in [5.74, 6) is 1.00. The van der Waals surface area contributed by atoms with Crippen LogP contribution in [-0.4, -0.2) is 32.9 Å². The Kier molecular flexibility index (Phi) is 5.06. The highest BCUT2D eigenvalue weighted by molar-refractivity contribution is 5.43. The number of benzene rings is 1. The molecule has 0 radical (unpaired) electrons. The standard InChI is InChI=1S/C17H27NO2/c1-13(2)18-12-17(7-9-20-10-8-17)15-11-14(3)5-6-16(15)19-4/h5-6,11,13,18H,7-10,12H2,1-4H3. The summed E-state index contributed by atoms with van der Waals surface area (Å²) in [6.07, 6.45) is 2.10. The summed E-state index contributed by atoms with van der Waals surface area (Å²) < 4.78 is 11.2. The van der Waals surface area contributed by atoms with Crippen LogP contribution in [0.5, 0.6) is 5.75 Å². The third kappa shape index (κ3) is 3.33. The maximum atomic E-state index is 5.62. The van der Waals surface area contributed by atoms with Crippen LogP contribution in [-0.2, 0) is 10.2 Å². The van der Waals surface area contributed by atoms with Crippen molar-refractivity contribution in [1.82, 2.24) is 5.32 Å². The summed E-state index contributed by atoms with van der Waals surface area (Å²) in [6, 6.07) is 6.99. The van der Waals surface area contributed by atoms with Gasteiger partial charge < -0.3 is 14.8 Å². The molecular formula is C17H27NO2. The van der Waals surface area contributed by atoms with Gasteiger partial charge >= 0.3 is 0 Å². The van der Waals surface area contributed by atoms with E-state index in [0.717, 1.165) is 38.3 Å². The fourth-order valence-electron chi connectivity index (χ4n) is 2.94. The average Bonchev–Trinajstić information content (AvgIpc) is 2.46. The molecule has 1 aromatic rings. The first-order valence-electron chi connectivity index (χ1n) is 7.54. The molecule has 1 saturated heterocycles. The van der Waals surface area contributed by atoms with Gasteiger partial charge in [0.1, 0.15) is 5.75 Å². The van der Waals surface area contributed by atoms with E-state index in [9.17, 15) is 0 Å². The van der Waals surface area contributed by atoms with Crippen molar-refractivity contribution in [2.24, 2.45) is 0 Å². The maximum absolute atomic E-state index is 5.62. The van der Waals surface area contributed by atoms with Crippen LogP contribution in [0.25, 0.3) is 0 Å². The fourth-order valence-corrected chi connectivity index (χ4v) is 2.94. The van der Waals surface area contributed by atoms with Crippen LogP contribution in [0.15, 0.2) is 18.2 Å². The molecule has 1 aliphatic heterocycles. The molecule has 0 aromatic heterocycles. The number of methoxy groups -OCH3 is 1. The number of nitrogens with one attached hydrogen (secondary N) is 1. The molecule has 0 unspecified atom stereocenters. The topological polar surface area (TPSA) is 30.5 Å². The molecule has 1 aliphatic rings. The molecule has 0 saturated carbocycles. The molecule has 0 bridgehead atoms. The largest absolute Gasteiger partial charge is 0.496 e. The Morgan fingerprint density at radius 1 is 1.30 bits per heavy atom. The molecule has 20 heavy (non-hydrogen) atoms. The van der Waals surface area contributed by atoms with E-state index < -0.39 is 0 Å². The highest BCUT2D eigenvalue weighted by Crippen LogP contribution is 2.40. The Morgan fingerprint density at radius 3 is 2.60 bits per heavy atom. The number of rotatable bonds is 5. The molecule has 1 fully saturated rings. The predicted octanol–water partition coefficient (Wildman–Crippen LogP) is 3.05. The summed E-state index contributed by atoms with van der Waals surface area (Å²) in [7, 11) is 1.76. The third-order valence-corrected chi connectivity index (χ3v) is 4.22. The Hall–Kier alpha value is -1.06. The molecule has 3 heteroatoms. The monoisotopic (exact) mass is 277 g/mol. The van der Waals surface area contributed by atoms with Crippen LogP contribution in [0.2, 0.25) is 0 Å². The second kappa shape index (κ2) is 6.59. The molecule has 1 heterocycles. The maximum Gasteiger partial charge on any atom is 0.122 e. The molecule has 0 aliphatic carbocycles. The second-order valence-electron chi connectivity index (χ2n) is 6.13. The quantitative estimate of drug-likeness (QED) is 0.897. The van der Waals surface area contributed by atoms with Gasteiger partial charge in [0.25, 0.3) is 0 Å². The smallest absolute Gasteiger partial charge is 0.122 e. The van der Waals surface area contributed by atoms with Crippen LogP contribution >= 0.6 is 0 Å². The zero-order valence-corrected chi connectivity index (χ0v) is 13.2. The average molecular weight is 277 g/mol. The van der Waals surface area contributed by atoms with Crippen molar-refractivity contribution in [3.63, 3.8) is 0 Å². The van der Waals surface area contributed by atoms with Gasteiger partial charge in [-0.05, 0) is 25.8 Å². The normalized spacial score (nSPS) is 18.2. The Morgan fingerprint density at radius 2 is 2.00 bits per heavy atom. The van der Waals surface area contributed by atoms with E-state index in [0.29, 0.717) is 6.04 Å². The van der Waals surface area contributed by atoms with Gasteiger partial charge in [-0.2, -0.15) is 0 Å². The summed E-state index contributed by atoms with van der Waals surface area (Å²) in [5.41, 5.74) is 2.74. The van der Waals surface area contributed by atoms with Gasteiger partial charge in [-0.3, -0.25) is 0 Å². The van der Waals surface area contributed by atoms with E-state index in [2.05, 4.69) is 44.3 Å². The molecule has 112 valence electrons. The molecule has 1 aromatic carbocycles. The van der Waals surface area contributed by atoms with Crippen LogP contribution in [0.4, 0.5) is 0 Å². The number of aryl methyl sites for hydroxylation is 1. The lowest BCUT2D eigenvalue weighted by Gasteiger charge is -2.39. The van der Waals surface area contributed by atoms with Crippen molar-refractivity contribution in [2.45, 2.75) is 45.1 Å². The zero-order chi connectivity index (χ0) is 14.6. The molecule has 1 N–H and O–H groups in total. The van der Waals surface area contributed by atoms with Gasteiger partial charge in [-0.25, -0.2) is 0 Å². The lowest BCUT2D eigenvalue weighted by Crippen LogP contribution is -2.44. The molecule has 2 rings (SSSR count). The van der Waals surface area contributed by atoms with Crippen molar-refractivity contribution >= 4 is 0 Å². The van der Waals surface area contributed by atoms with Gasteiger partial charge in [0.2, 0.25) is 0 Å². The molecule has 0 amide bonds. The summed E-state index contributed by atoms with van der Waals surface area (Å²) in [5, 5.41) is 3.61. The van der Waals surface area contributed by atoms with Crippen LogP contribution < -0.4 is 10.1 Å². The lowest BCUT2D eigenvalue weighted by molar-refractivity contribution is 0.0483. The van der Waals surface area contributed by atoms with E-state index in [1.807, 2.05) is 0 Å². The van der Waals surface area contributed by atoms with E-state index in [-0.39, 0.29) is 5.41 Å². The second-order valence-corrected chi connectivity index (χ2v) is 6.13. The van der Waals surface area contributed by atoms with Gasteiger partial charge in [0, 0.05) is 36.8 Å². The first-order valence-corrected chi connectivity index (χ1v) is 7.54. The third-order valence-electron chi connectivity index (χ3n) is 4.22. The summed E-state index contributed by atoms with van der Waals surface area (Å²) >= 11 is 0. The Bertz CT molecular complexity index is 437. The molecule has 0 spiro atoms. The van der Waals surface area contributed by atoms with E-state index in [1.54, 1.807) is 7.11 Å². The van der Waals surface area contributed by atoms with Crippen molar-refractivity contribution in [2.75, 3.05) is 26.9 Å². The first-order chi connectivity index (χ1) is 9.57. The highest BCUT2D eigenvalue weighted by atomic mass is 16.5. The zero-order valence-electron chi connectivity index (χ0n) is 13.2. The minimum Gasteiger partial charge on any atom is -0.496 e. The minimum atomic E-state index is 0.125. The van der Waals surface area contributed by atoms with Crippen molar-refractivity contribution in [3.05, 3.63) is 29.3 Å². The number of ether oxygens (including phenoxy) is 2. The van der Waals surface area contributed by atoms with Crippen molar-refractivity contribution in [1.29, 1.82) is 0 Å². The van der Waals surface area contributed by atoms with Crippen LogP contribution in [0.3, 0.4) is 0 Å². The van der Waals surface area contributed by atoms with Gasteiger partial charge in [0.15, 0.2) is 0 Å². The van der Waals surface area contributed by atoms with E-state index in [1.165, 1.54) is 11.1 Å². The van der Waals surface area contributed by atoms with Crippen LogP contribution in [0, 0.1) is 6.92 Å². The van der Waals surface area contributed by atoms with Crippen molar-refractivity contribution in [3.8, 4) is 5.75 Å². The SMILES string of the molecule is COc1ccc(C)cc1C1(CNC(C)C)CCOCC1.